The number of amides is 1. The Hall–Kier alpha value is -2.30. The molecule has 0 heterocycles. The predicted molar refractivity (Wildman–Crippen MR) is 140 cm³/mol. The van der Waals surface area contributed by atoms with Gasteiger partial charge in [0.2, 0.25) is 5.91 Å². The van der Waals surface area contributed by atoms with Crippen molar-refractivity contribution in [1.82, 2.24) is 5.32 Å². The second-order valence-electron chi connectivity index (χ2n) is 9.04. The van der Waals surface area contributed by atoms with Crippen LogP contribution in [-0.2, 0) is 16.0 Å². The summed E-state index contributed by atoms with van der Waals surface area (Å²) in [4.78, 5) is 23.3. The number of carbonyl (C=O) groups is 2. The van der Waals surface area contributed by atoms with Crippen molar-refractivity contribution in [3.8, 4) is 11.5 Å². The fraction of sp³-hybridized carbons (Fsp3) is 0.655. The number of ether oxygens (including phenoxy) is 2. The molecule has 0 radical (unpaired) electrons. The fourth-order valence-electron chi connectivity index (χ4n) is 3.91. The molecule has 0 atom stereocenters. The van der Waals surface area contributed by atoms with E-state index in [1.54, 1.807) is 18.2 Å². The lowest BCUT2D eigenvalue weighted by Gasteiger charge is -2.10. The van der Waals surface area contributed by atoms with Crippen LogP contribution in [0.15, 0.2) is 30.4 Å². The number of benzene rings is 1. The Kier molecular flexibility index (Phi) is 17.6. The molecular formula is C29H47NO4. The number of allylic oxidation sites excluding steroid dienone is 2. The number of rotatable bonds is 20. The first-order valence-electron chi connectivity index (χ1n) is 13.3. The van der Waals surface area contributed by atoms with Crippen LogP contribution in [0, 0.1) is 0 Å². The second-order valence-corrected chi connectivity index (χ2v) is 9.04. The maximum absolute atomic E-state index is 12.2. The summed E-state index contributed by atoms with van der Waals surface area (Å²) in [5.41, 5.74) is 0.825. The Labute approximate surface area is 207 Å². The summed E-state index contributed by atoms with van der Waals surface area (Å²) >= 11 is 0. The molecule has 1 rings (SSSR count). The van der Waals surface area contributed by atoms with Gasteiger partial charge in [0.15, 0.2) is 11.5 Å². The second kappa shape index (κ2) is 20.1. The maximum atomic E-state index is 12.2. The van der Waals surface area contributed by atoms with E-state index >= 15 is 0 Å². The molecule has 34 heavy (non-hydrogen) atoms. The van der Waals surface area contributed by atoms with Crippen molar-refractivity contribution in [2.24, 2.45) is 0 Å². The van der Waals surface area contributed by atoms with Gasteiger partial charge in [-0.15, -0.1) is 0 Å². The molecule has 192 valence electrons. The Morgan fingerprint density at radius 1 is 0.824 bits per heavy atom. The van der Waals surface area contributed by atoms with E-state index in [2.05, 4.69) is 24.4 Å². The standard InChI is InChI=1S/C29H47NO4/c1-4-5-6-7-8-9-10-11-12-13-14-15-16-17-18-19-22-30-29(32)24-26-20-21-27(34-25(2)31)28(23-26)33-3/h11-12,20-21,23H,4-10,13-19,22,24H2,1-3H3,(H,30,32). The Bertz CT molecular complexity index is 714. The molecule has 1 aromatic rings. The molecular weight excluding hydrogens is 426 g/mol. The van der Waals surface area contributed by atoms with Gasteiger partial charge < -0.3 is 14.8 Å². The van der Waals surface area contributed by atoms with Crippen LogP contribution in [-0.4, -0.2) is 25.5 Å². The molecule has 0 saturated heterocycles. The van der Waals surface area contributed by atoms with Gasteiger partial charge in [-0.2, -0.15) is 0 Å². The van der Waals surface area contributed by atoms with Crippen molar-refractivity contribution in [1.29, 1.82) is 0 Å². The molecule has 5 heteroatoms. The van der Waals surface area contributed by atoms with E-state index in [0.29, 0.717) is 18.0 Å². The van der Waals surface area contributed by atoms with Gasteiger partial charge in [0, 0.05) is 13.5 Å². The van der Waals surface area contributed by atoms with Crippen LogP contribution < -0.4 is 14.8 Å². The van der Waals surface area contributed by atoms with E-state index in [4.69, 9.17) is 9.47 Å². The predicted octanol–water partition coefficient (Wildman–Crippen LogP) is 7.32. The van der Waals surface area contributed by atoms with Crippen LogP contribution >= 0.6 is 0 Å². The molecule has 0 aromatic heterocycles. The average molecular weight is 474 g/mol. The van der Waals surface area contributed by atoms with Crippen LogP contribution in [0.2, 0.25) is 0 Å². The molecule has 0 aliphatic heterocycles. The molecule has 0 bridgehead atoms. The summed E-state index contributed by atoms with van der Waals surface area (Å²) in [5.74, 6) is 0.409. The van der Waals surface area contributed by atoms with Crippen LogP contribution in [0.5, 0.6) is 11.5 Å². The summed E-state index contributed by atoms with van der Waals surface area (Å²) in [6.45, 7) is 4.32. The highest BCUT2D eigenvalue weighted by atomic mass is 16.6. The largest absolute Gasteiger partial charge is 0.493 e. The fourth-order valence-corrected chi connectivity index (χ4v) is 3.91. The smallest absolute Gasteiger partial charge is 0.308 e. The third-order valence-corrected chi connectivity index (χ3v) is 5.86. The number of unbranched alkanes of at least 4 members (excludes halogenated alkanes) is 12. The van der Waals surface area contributed by atoms with Crippen molar-refractivity contribution < 1.29 is 19.1 Å². The topological polar surface area (TPSA) is 64.6 Å². The van der Waals surface area contributed by atoms with Gasteiger partial charge in [-0.1, -0.05) is 82.9 Å². The Morgan fingerprint density at radius 3 is 2.00 bits per heavy atom. The zero-order chi connectivity index (χ0) is 24.9. The van der Waals surface area contributed by atoms with Crippen molar-refractivity contribution in [2.45, 2.75) is 110 Å². The molecule has 0 fully saturated rings. The number of hydrogen-bond donors (Lipinski definition) is 1. The minimum absolute atomic E-state index is 0.00460. The lowest BCUT2D eigenvalue weighted by atomic mass is 10.1. The molecule has 1 N–H and O–H groups in total. The van der Waals surface area contributed by atoms with E-state index < -0.39 is 5.97 Å². The lowest BCUT2D eigenvalue weighted by molar-refractivity contribution is -0.132. The molecule has 1 amide bonds. The average Bonchev–Trinajstić information content (AvgIpc) is 2.81. The molecule has 1 aromatic carbocycles. The molecule has 5 nitrogen and oxygen atoms in total. The number of esters is 1. The normalized spacial score (nSPS) is 11.0. The van der Waals surface area contributed by atoms with Gasteiger partial charge >= 0.3 is 5.97 Å². The molecule has 0 aliphatic rings. The number of methoxy groups -OCH3 is 1. The summed E-state index contributed by atoms with van der Waals surface area (Å²) in [7, 11) is 1.51. The highest BCUT2D eigenvalue weighted by Crippen LogP contribution is 2.28. The third-order valence-electron chi connectivity index (χ3n) is 5.86. The molecule has 0 unspecified atom stereocenters. The van der Waals surface area contributed by atoms with Gasteiger partial charge in [-0.25, -0.2) is 0 Å². The third kappa shape index (κ3) is 15.5. The van der Waals surface area contributed by atoms with E-state index in [0.717, 1.165) is 18.4 Å². The van der Waals surface area contributed by atoms with Crippen LogP contribution in [0.1, 0.15) is 109 Å². The zero-order valence-corrected chi connectivity index (χ0v) is 21.8. The molecule has 0 aliphatic carbocycles. The van der Waals surface area contributed by atoms with Crippen molar-refractivity contribution >= 4 is 11.9 Å². The van der Waals surface area contributed by atoms with E-state index in [9.17, 15) is 9.59 Å². The Balaban J connectivity index is 2.00. The SMILES string of the molecule is CCCCCCCCC=CCCCCCCCCNC(=O)Cc1ccc(OC(C)=O)c(OC)c1. The quantitative estimate of drug-likeness (QED) is 0.0932. The Morgan fingerprint density at radius 2 is 1.41 bits per heavy atom. The highest BCUT2D eigenvalue weighted by molar-refractivity contribution is 5.79. The van der Waals surface area contributed by atoms with E-state index in [1.165, 1.54) is 91.1 Å². The minimum Gasteiger partial charge on any atom is -0.493 e. The summed E-state index contributed by atoms with van der Waals surface area (Å²) in [5, 5.41) is 2.99. The van der Waals surface area contributed by atoms with Gasteiger partial charge in [-0.3, -0.25) is 9.59 Å². The van der Waals surface area contributed by atoms with E-state index in [1.807, 2.05) is 0 Å². The summed E-state index contributed by atoms with van der Waals surface area (Å²) in [6.07, 6.45) is 22.9. The minimum atomic E-state index is -0.403. The first-order valence-corrected chi connectivity index (χ1v) is 13.3. The highest BCUT2D eigenvalue weighted by Gasteiger charge is 2.10. The van der Waals surface area contributed by atoms with Crippen molar-refractivity contribution in [3.05, 3.63) is 35.9 Å². The number of carbonyl (C=O) groups excluding carboxylic acids is 2. The van der Waals surface area contributed by atoms with E-state index in [-0.39, 0.29) is 12.3 Å². The van der Waals surface area contributed by atoms with Gasteiger partial charge in [0.1, 0.15) is 0 Å². The van der Waals surface area contributed by atoms with Gasteiger partial charge in [0.05, 0.1) is 13.5 Å². The van der Waals surface area contributed by atoms with Gasteiger partial charge in [-0.05, 0) is 49.8 Å². The number of nitrogens with one attached hydrogen (secondary N) is 1. The van der Waals surface area contributed by atoms with Gasteiger partial charge in [0.25, 0.3) is 0 Å². The zero-order valence-electron chi connectivity index (χ0n) is 21.8. The van der Waals surface area contributed by atoms with Crippen LogP contribution in [0.3, 0.4) is 0 Å². The van der Waals surface area contributed by atoms with Crippen LogP contribution in [0.25, 0.3) is 0 Å². The first-order chi connectivity index (χ1) is 16.6. The van der Waals surface area contributed by atoms with Crippen molar-refractivity contribution in [3.63, 3.8) is 0 Å². The lowest BCUT2D eigenvalue weighted by Crippen LogP contribution is -2.26. The monoisotopic (exact) mass is 473 g/mol. The molecule has 0 spiro atoms. The van der Waals surface area contributed by atoms with Crippen LogP contribution in [0.4, 0.5) is 0 Å². The van der Waals surface area contributed by atoms with Crippen molar-refractivity contribution in [2.75, 3.05) is 13.7 Å². The number of hydrogen-bond acceptors (Lipinski definition) is 4. The summed E-state index contributed by atoms with van der Waals surface area (Å²) < 4.78 is 10.3. The first kappa shape index (κ1) is 29.7. The summed E-state index contributed by atoms with van der Waals surface area (Å²) in [6, 6.07) is 5.18. The maximum Gasteiger partial charge on any atom is 0.308 e. The molecule has 0 saturated carbocycles.